The van der Waals surface area contributed by atoms with Crippen LogP contribution in [0.5, 0.6) is 0 Å². The Morgan fingerprint density at radius 1 is 1.17 bits per heavy atom. The fourth-order valence-electron chi connectivity index (χ4n) is 3.27. The van der Waals surface area contributed by atoms with Gasteiger partial charge in [0.05, 0.1) is 12.6 Å². The van der Waals surface area contributed by atoms with Gasteiger partial charge in [0, 0.05) is 13.1 Å². The van der Waals surface area contributed by atoms with Crippen LogP contribution in [-0.4, -0.2) is 48.7 Å². The first-order valence-corrected chi connectivity index (χ1v) is 9.45. The van der Waals surface area contributed by atoms with E-state index in [1.807, 2.05) is 30.3 Å². The second-order valence-corrected chi connectivity index (χ2v) is 7.69. The molecule has 0 radical (unpaired) electrons. The zero-order chi connectivity index (χ0) is 16.4. The Labute approximate surface area is 137 Å². The van der Waals surface area contributed by atoms with Crippen LogP contribution < -0.4 is 0 Å². The first-order valence-electron chi connectivity index (χ1n) is 8.06. The average molecular weight is 338 g/mol. The minimum atomic E-state index is -3.65. The Kier molecular flexibility index (Phi) is 4.70. The van der Waals surface area contributed by atoms with Crippen molar-refractivity contribution < 1.29 is 17.9 Å². The van der Waals surface area contributed by atoms with Gasteiger partial charge in [-0.2, -0.15) is 17.0 Å². The van der Waals surface area contributed by atoms with Crippen LogP contribution in [0.1, 0.15) is 37.8 Å². The summed E-state index contributed by atoms with van der Waals surface area (Å²) in [5.41, 5.74) is 0.995. The molecule has 0 aliphatic carbocycles. The molecule has 0 spiro atoms. The van der Waals surface area contributed by atoms with Crippen LogP contribution in [0.4, 0.5) is 0 Å². The highest BCUT2D eigenvalue weighted by atomic mass is 32.2. The fraction of sp³-hybridized carbons (Fsp3) is 0.562. The van der Waals surface area contributed by atoms with E-state index < -0.39 is 22.2 Å². The molecule has 2 heterocycles. The van der Waals surface area contributed by atoms with Crippen molar-refractivity contribution in [3.63, 3.8) is 0 Å². The predicted molar refractivity (Wildman–Crippen MR) is 85.8 cm³/mol. The van der Waals surface area contributed by atoms with Crippen molar-refractivity contribution in [3.05, 3.63) is 35.9 Å². The smallest absolute Gasteiger partial charge is 0.324 e. The summed E-state index contributed by atoms with van der Waals surface area (Å²) < 4.78 is 33.8. The standard InChI is InChI=1S/C16H22N2O4S/c1-2-22-16(19)15-9-6-11-17(15)23(20,21)18-12-10-14(18)13-7-4-3-5-8-13/h3-5,7-8,14-15H,2,6,9-12H2,1H3. The van der Waals surface area contributed by atoms with E-state index in [-0.39, 0.29) is 12.6 Å². The number of rotatable bonds is 5. The van der Waals surface area contributed by atoms with Crippen molar-refractivity contribution in [2.45, 2.75) is 38.3 Å². The van der Waals surface area contributed by atoms with Crippen LogP contribution in [-0.2, 0) is 19.7 Å². The summed E-state index contributed by atoms with van der Waals surface area (Å²) in [6.45, 7) is 2.86. The Bertz CT molecular complexity index is 662. The van der Waals surface area contributed by atoms with E-state index in [0.717, 1.165) is 12.0 Å². The minimum Gasteiger partial charge on any atom is -0.465 e. The lowest BCUT2D eigenvalue weighted by Crippen LogP contribution is -2.54. The first-order chi connectivity index (χ1) is 11.1. The molecule has 2 saturated heterocycles. The zero-order valence-corrected chi connectivity index (χ0v) is 14.0. The van der Waals surface area contributed by atoms with Crippen LogP contribution >= 0.6 is 0 Å². The third kappa shape index (κ3) is 3.00. The quantitative estimate of drug-likeness (QED) is 0.767. The van der Waals surface area contributed by atoms with Crippen molar-refractivity contribution in [2.75, 3.05) is 19.7 Å². The van der Waals surface area contributed by atoms with Crippen molar-refractivity contribution in [1.82, 2.24) is 8.61 Å². The highest BCUT2D eigenvalue weighted by molar-refractivity contribution is 7.86. The van der Waals surface area contributed by atoms with Gasteiger partial charge in [-0.15, -0.1) is 0 Å². The van der Waals surface area contributed by atoms with Crippen LogP contribution in [0.15, 0.2) is 30.3 Å². The molecule has 1 aromatic rings. The monoisotopic (exact) mass is 338 g/mol. The van der Waals surface area contributed by atoms with Gasteiger partial charge in [0.1, 0.15) is 6.04 Å². The molecule has 0 saturated carbocycles. The van der Waals surface area contributed by atoms with Gasteiger partial charge >= 0.3 is 5.97 Å². The van der Waals surface area contributed by atoms with Crippen molar-refractivity contribution in [2.24, 2.45) is 0 Å². The average Bonchev–Trinajstić information content (AvgIpc) is 2.97. The molecule has 2 aliphatic rings. The largest absolute Gasteiger partial charge is 0.465 e. The van der Waals surface area contributed by atoms with Gasteiger partial charge in [0.25, 0.3) is 10.2 Å². The van der Waals surface area contributed by atoms with E-state index >= 15 is 0 Å². The SMILES string of the molecule is CCOC(=O)C1CCCN1S(=O)(=O)N1CCC1c1ccccc1. The minimum absolute atomic E-state index is 0.135. The maximum absolute atomic E-state index is 13.0. The molecule has 0 N–H and O–H groups in total. The molecular formula is C16H22N2O4S. The highest BCUT2D eigenvalue weighted by Gasteiger charge is 2.47. The summed E-state index contributed by atoms with van der Waals surface area (Å²) in [4.78, 5) is 12.0. The van der Waals surface area contributed by atoms with E-state index in [4.69, 9.17) is 4.74 Å². The number of carbonyl (C=O) groups is 1. The molecule has 3 rings (SSSR count). The van der Waals surface area contributed by atoms with E-state index in [9.17, 15) is 13.2 Å². The summed E-state index contributed by atoms with van der Waals surface area (Å²) in [6, 6.07) is 8.81. The first kappa shape index (κ1) is 16.4. The molecule has 126 valence electrons. The molecule has 2 fully saturated rings. The Hall–Kier alpha value is -1.44. The van der Waals surface area contributed by atoms with Crippen LogP contribution in [0.2, 0.25) is 0 Å². The van der Waals surface area contributed by atoms with Gasteiger partial charge in [-0.25, -0.2) is 0 Å². The number of benzene rings is 1. The summed E-state index contributed by atoms with van der Waals surface area (Å²) in [7, 11) is -3.65. The van der Waals surface area contributed by atoms with E-state index in [0.29, 0.717) is 25.9 Å². The van der Waals surface area contributed by atoms with Crippen molar-refractivity contribution in [3.8, 4) is 0 Å². The van der Waals surface area contributed by atoms with Crippen LogP contribution in [0.3, 0.4) is 0 Å². The van der Waals surface area contributed by atoms with Crippen molar-refractivity contribution in [1.29, 1.82) is 0 Å². The molecule has 1 aromatic carbocycles. The maximum atomic E-state index is 13.0. The molecule has 6 nitrogen and oxygen atoms in total. The number of ether oxygens (including phenoxy) is 1. The number of nitrogens with zero attached hydrogens (tertiary/aromatic N) is 2. The van der Waals surface area contributed by atoms with E-state index in [2.05, 4.69) is 0 Å². The maximum Gasteiger partial charge on any atom is 0.324 e. The van der Waals surface area contributed by atoms with Gasteiger partial charge in [-0.05, 0) is 31.7 Å². The predicted octanol–water partition coefficient (Wildman–Crippen LogP) is 1.71. The van der Waals surface area contributed by atoms with Gasteiger partial charge in [-0.3, -0.25) is 4.79 Å². The molecule has 2 aliphatic heterocycles. The Morgan fingerprint density at radius 3 is 2.52 bits per heavy atom. The molecule has 7 heteroatoms. The highest BCUT2D eigenvalue weighted by Crippen LogP contribution is 2.38. The molecule has 0 aromatic heterocycles. The molecule has 23 heavy (non-hydrogen) atoms. The number of esters is 1. The van der Waals surface area contributed by atoms with Crippen molar-refractivity contribution >= 4 is 16.2 Å². The normalized spacial score (nSPS) is 26.0. The third-order valence-electron chi connectivity index (χ3n) is 4.51. The van der Waals surface area contributed by atoms with Crippen LogP contribution in [0, 0.1) is 0 Å². The number of hydrogen-bond acceptors (Lipinski definition) is 4. The summed E-state index contributed by atoms with van der Waals surface area (Å²) in [5.74, 6) is -0.439. The zero-order valence-electron chi connectivity index (χ0n) is 13.2. The lowest BCUT2D eigenvalue weighted by molar-refractivity contribution is -0.147. The fourth-order valence-corrected chi connectivity index (χ4v) is 5.30. The number of carbonyl (C=O) groups excluding carboxylic acids is 1. The summed E-state index contributed by atoms with van der Waals surface area (Å²) >= 11 is 0. The second-order valence-electron chi connectivity index (χ2n) is 5.85. The second kappa shape index (κ2) is 6.59. The molecule has 0 bridgehead atoms. The summed E-state index contributed by atoms with van der Waals surface area (Å²) in [5, 5.41) is 0. The van der Waals surface area contributed by atoms with Gasteiger partial charge in [0.2, 0.25) is 0 Å². The number of hydrogen-bond donors (Lipinski definition) is 0. The molecular weight excluding hydrogens is 316 g/mol. The van der Waals surface area contributed by atoms with Gasteiger partial charge in [0.15, 0.2) is 0 Å². The molecule has 2 atom stereocenters. The van der Waals surface area contributed by atoms with Gasteiger partial charge in [-0.1, -0.05) is 30.3 Å². The lowest BCUT2D eigenvalue weighted by Gasteiger charge is -2.42. The third-order valence-corrected chi connectivity index (χ3v) is 6.57. The Morgan fingerprint density at radius 2 is 1.91 bits per heavy atom. The molecule has 0 amide bonds. The summed E-state index contributed by atoms with van der Waals surface area (Å²) in [6.07, 6.45) is 2.02. The topological polar surface area (TPSA) is 66.9 Å². The molecule has 2 unspecified atom stereocenters. The van der Waals surface area contributed by atoms with E-state index in [1.54, 1.807) is 6.92 Å². The Balaban J connectivity index is 1.80. The van der Waals surface area contributed by atoms with E-state index in [1.165, 1.54) is 8.61 Å². The van der Waals surface area contributed by atoms with Crippen LogP contribution in [0.25, 0.3) is 0 Å². The lowest BCUT2D eigenvalue weighted by atomic mass is 9.98. The van der Waals surface area contributed by atoms with Gasteiger partial charge < -0.3 is 4.74 Å².